The number of esters is 1. The Bertz CT molecular complexity index is 1430. The molecule has 11 nitrogen and oxygen atoms in total. The number of piperazine rings is 1. The number of hydrogen-bond donors (Lipinski definition) is 0. The van der Waals surface area contributed by atoms with Crippen molar-refractivity contribution in [3.8, 4) is 11.4 Å². The summed E-state index contributed by atoms with van der Waals surface area (Å²) in [7, 11) is 0. The van der Waals surface area contributed by atoms with Crippen LogP contribution in [0.15, 0.2) is 54.6 Å². The van der Waals surface area contributed by atoms with Gasteiger partial charge in [0.25, 0.3) is 17.5 Å². The maximum absolute atomic E-state index is 13.9. The topological polar surface area (TPSA) is 136 Å². The monoisotopic (exact) mass is 545 g/mol. The lowest BCUT2D eigenvalue weighted by Gasteiger charge is -2.40. The lowest BCUT2D eigenvalue weighted by atomic mass is 10.0. The summed E-state index contributed by atoms with van der Waals surface area (Å²) < 4.78 is 5.29. The molecule has 1 fully saturated rings. The number of nitro benzene ring substituents is 1. The van der Waals surface area contributed by atoms with E-state index in [1.165, 1.54) is 24.3 Å². The first-order valence-corrected chi connectivity index (χ1v) is 13.2. The molecule has 0 spiro atoms. The highest BCUT2D eigenvalue weighted by atomic mass is 16.6. The standard InChI is InChI=1S/C29H31N5O6/c1-4-10-23-24(29(37)40-5-2)25(31-26(30-23)20-11-7-6-8-12-20)28(36)32-15-16-33(19(3)18-32)27(35)21-13-9-14-22(17-21)34(38)39/h6-9,11-14,17,19H,4-5,10,15-16,18H2,1-3H3. The number of hydrogen-bond acceptors (Lipinski definition) is 8. The fourth-order valence-corrected chi connectivity index (χ4v) is 4.73. The number of benzene rings is 2. The number of carbonyl (C=O) groups is 3. The second-order valence-electron chi connectivity index (χ2n) is 9.46. The SMILES string of the molecule is CCCc1nc(-c2ccccc2)nc(C(=O)N2CCN(C(=O)c3cccc([N+](=O)[O-])c3)C(C)C2)c1C(=O)OCC. The summed E-state index contributed by atoms with van der Waals surface area (Å²) in [4.78, 5) is 63.2. The van der Waals surface area contributed by atoms with Crippen molar-refractivity contribution in [1.29, 1.82) is 0 Å². The number of nitro groups is 1. The number of nitrogens with zero attached hydrogens (tertiary/aromatic N) is 5. The van der Waals surface area contributed by atoms with Gasteiger partial charge in [-0.3, -0.25) is 19.7 Å². The Morgan fingerprint density at radius 1 is 1.02 bits per heavy atom. The van der Waals surface area contributed by atoms with Crippen LogP contribution in [0.2, 0.25) is 0 Å². The summed E-state index contributed by atoms with van der Waals surface area (Å²) >= 11 is 0. The summed E-state index contributed by atoms with van der Waals surface area (Å²) in [5.41, 5.74) is 1.24. The molecule has 0 saturated carbocycles. The Morgan fingerprint density at radius 3 is 2.42 bits per heavy atom. The average molecular weight is 546 g/mol. The molecule has 0 aliphatic carbocycles. The molecule has 40 heavy (non-hydrogen) atoms. The molecule has 11 heteroatoms. The summed E-state index contributed by atoms with van der Waals surface area (Å²) in [5, 5.41) is 11.2. The summed E-state index contributed by atoms with van der Waals surface area (Å²) in [6.45, 7) is 6.18. The minimum absolute atomic E-state index is 0.0265. The van der Waals surface area contributed by atoms with Gasteiger partial charge in [-0.2, -0.15) is 0 Å². The van der Waals surface area contributed by atoms with Crippen molar-refractivity contribution in [3.63, 3.8) is 0 Å². The van der Waals surface area contributed by atoms with Gasteiger partial charge in [-0.05, 0) is 26.3 Å². The lowest BCUT2D eigenvalue weighted by Crippen LogP contribution is -2.55. The molecule has 1 atom stereocenters. The molecule has 2 amide bonds. The summed E-state index contributed by atoms with van der Waals surface area (Å²) in [6.07, 6.45) is 1.15. The fraction of sp³-hybridized carbons (Fsp3) is 0.345. The van der Waals surface area contributed by atoms with E-state index in [-0.39, 0.29) is 60.7 Å². The van der Waals surface area contributed by atoms with Crippen molar-refractivity contribution in [2.45, 2.75) is 39.7 Å². The third-order valence-corrected chi connectivity index (χ3v) is 6.66. The molecule has 1 aliphatic heterocycles. The van der Waals surface area contributed by atoms with Gasteiger partial charge in [0, 0.05) is 48.9 Å². The normalized spacial score (nSPS) is 15.0. The highest BCUT2D eigenvalue weighted by Crippen LogP contribution is 2.25. The zero-order chi connectivity index (χ0) is 28.8. The Hall–Kier alpha value is -4.67. The maximum atomic E-state index is 13.9. The zero-order valence-electron chi connectivity index (χ0n) is 22.7. The highest BCUT2D eigenvalue weighted by Gasteiger charge is 2.35. The van der Waals surface area contributed by atoms with Crippen molar-refractivity contribution in [2.75, 3.05) is 26.2 Å². The van der Waals surface area contributed by atoms with E-state index >= 15 is 0 Å². The molecule has 1 saturated heterocycles. The van der Waals surface area contributed by atoms with E-state index < -0.39 is 16.8 Å². The summed E-state index contributed by atoms with van der Waals surface area (Å²) in [6, 6.07) is 14.4. The second-order valence-corrected chi connectivity index (χ2v) is 9.46. The van der Waals surface area contributed by atoms with Gasteiger partial charge in [0.1, 0.15) is 11.3 Å². The Balaban J connectivity index is 1.65. The third kappa shape index (κ3) is 5.98. The minimum Gasteiger partial charge on any atom is -0.462 e. The van der Waals surface area contributed by atoms with Gasteiger partial charge in [-0.15, -0.1) is 0 Å². The van der Waals surface area contributed by atoms with Crippen LogP contribution in [-0.4, -0.2) is 74.8 Å². The Kier molecular flexibility index (Phi) is 8.83. The van der Waals surface area contributed by atoms with Crippen LogP contribution in [0.1, 0.15) is 64.1 Å². The van der Waals surface area contributed by atoms with Gasteiger partial charge < -0.3 is 14.5 Å². The molecule has 4 rings (SSSR count). The van der Waals surface area contributed by atoms with Gasteiger partial charge in [0.15, 0.2) is 5.82 Å². The van der Waals surface area contributed by atoms with Crippen LogP contribution in [0.3, 0.4) is 0 Å². The van der Waals surface area contributed by atoms with Gasteiger partial charge in [0.05, 0.1) is 17.2 Å². The van der Waals surface area contributed by atoms with Gasteiger partial charge in [-0.25, -0.2) is 14.8 Å². The quantitative estimate of drug-likeness (QED) is 0.234. The van der Waals surface area contributed by atoms with Crippen molar-refractivity contribution < 1.29 is 24.0 Å². The smallest absolute Gasteiger partial charge is 0.342 e. The number of non-ortho nitro benzene ring substituents is 1. The number of amides is 2. The van der Waals surface area contributed by atoms with E-state index in [0.717, 1.165) is 0 Å². The van der Waals surface area contributed by atoms with Crippen LogP contribution in [0.5, 0.6) is 0 Å². The Morgan fingerprint density at radius 2 is 1.77 bits per heavy atom. The van der Waals surface area contributed by atoms with E-state index in [2.05, 4.69) is 9.97 Å². The van der Waals surface area contributed by atoms with E-state index in [1.807, 2.05) is 37.3 Å². The number of rotatable bonds is 8. The number of aromatic nitrogens is 2. The van der Waals surface area contributed by atoms with Crippen LogP contribution in [0, 0.1) is 10.1 Å². The van der Waals surface area contributed by atoms with Crippen LogP contribution >= 0.6 is 0 Å². The molecule has 0 radical (unpaired) electrons. The average Bonchev–Trinajstić information content (AvgIpc) is 2.96. The molecule has 208 valence electrons. The molecule has 1 unspecified atom stereocenters. The second kappa shape index (κ2) is 12.5. The predicted octanol–water partition coefficient (Wildman–Crippen LogP) is 4.17. The number of aryl methyl sites for hydroxylation is 1. The van der Waals surface area contributed by atoms with Crippen LogP contribution < -0.4 is 0 Å². The Labute approximate surface area is 231 Å². The molecule has 3 aromatic rings. The summed E-state index contributed by atoms with van der Waals surface area (Å²) in [5.74, 6) is -1.11. The first kappa shape index (κ1) is 28.3. The molecule has 1 aliphatic rings. The maximum Gasteiger partial charge on any atom is 0.342 e. The first-order valence-electron chi connectivity index (χ1n) is 13.2. The van der Waals surface area contributed by atoms with Crippen molar-refractivity contribution in [2.24, 2.45) is 0 Å². The first-order chi connectivity index (χ1) is 19.2. The van der Waals surface area contributed by atoms with Crippen LogP contribution in [0.25, 0.3) is 11.4 Å². The van der Waals surface area contributed by atoms with Crippen molar-refractivity contribution in [1.82, 2.24) is 19.8 Å². The van der Waals surface area contributed by atoms with Crippen LogP contribution in [0.4, 0.5) is 5.69 Å². The zero-order valence-corrected chi connectivity index (χ0v) is 22.7. The van der Waals surface area contributed by atoms with Gasteiger partial charge in [0.2, 0.25) is 0 Å². The molecule has 1 aromatic heterocycles. The third-order valence-electron chi connectivity index (χ3n) is 6.66. The molecular weight excluding hydrogens is 514 g/mol. The van der Waals surface area contributed by atoms with E-state index in [1.54, 1.807) is 23.6 Å². The molecule has 0 bridgehead atoms. The van der Waals surface area contributed by atoms with Crippen LogP contribution in [-0.2, 0) is 11.2 Å². The highest BCUT2D eigenvalue weighted by molar-refractivity contribution is 6.05. The number of carbonyl (C=O) groups excluding carboxylic acids is 3. The van der Waals surface area contributed by atoms with E-state index in [0.29, 0.717) is 29.9 Å². The van der Waals surface area contributed by atoms with Crippen molar-refractivity contribution in [3.05, 3.63) is 87.2 Å². The van der Waals surface area contributed by atoms with E-state index in [9.17, 15) is 24.5 Å². The molecule has 2 aromatic carbocycles. The fourth-order valence-electron chi connectivity index (χ4n) is 4.73. The predicted molar refractivity (Wildman–Crippen MR) is 147 cm³/mol. The minimum atomic E-state index is -0.651. The van der Waals surface area contributed by atoms with Gasteiger partial charge >= 0.3 is 5.97 Å². The molecule has 0 N–H and O–H groups in total. The molecule has 2 heterocycles. The van der Waals surface area contributed by atoms with Crippen molar-refractivity contribution >= 4 is 23.5 Å². The molecular formula is C29H31N5O6. The van der Waals surface area contributed by atoms with Gasteiger partial charge in [-0.1, -0.05) is 49.7 Å². The largest absolute Gasteiger partial charge is 0.462 e. The number of ether oxygens (including phenoxy) is 1. The van der Waals surface area contributed by atoms with E-state index in [4.69, 9.17) is 4.74 Å². The lowest BCUT2D eigenvalue weighted by molar-refractivity contribution is -0.384.